The number of phenols is 1. The van der Waals surface area contributed by atoms with E-state index < -0.39 is 23.3 Å². The lowest BCUT2D eigenvalue weighted by molar-refractivity contribution is -0.145. The fraction of sp³-hybridized carbons (Fsp3) is 0.407. The van der Waals surface area contributed by atoms with E-state index in [1.807, 2.05) is 26.8 Å². The van der Waals surface area contributed by atoms with E-state index in [1.165, 1.54) is 11.0 Å². The van der Waals surface area contributed by atoms with Gasteiger partial charge < -0.3 is 5.11 Å². The third-order valence-electron chi connectivity index (χ3n) is 7.46. The van der Waals surface area contributed by atoms with Crippen LogP contribution in [0.2, 0.25) is 0 Å². The molecule has 4 atom stereocenters. The molecule has 4 aliphatic rings. The number of carbonyl (C=O) groups is 4. The van der Waals surface area contributed by atoms with Gasteiger partial charge in [0.05, 0.1) is 11.8 Å². The number of hydrogen-bond donors (Lipinski definition) is 1. The molecule has 6 heteroatoms. The van der Waals surface area contributed by atoms with Crippen molar-refractivity contribution >= 4 is 23.4 Å². The van der Waals surface area contributed by atoms with Gasteiger partial charge in [0.2, 0.25) is 11.8 Å². The molecule has 1 N–H and O–H groups in total. The van der Waals surface area contributed by atoms with Crippen LogP contribution in [0.5, 0.6) is 5.75 Å². The van der Waals surface area contributed by atoms with Crippen LogP contribution in [0.3, 0.4) is 0 Å². The quantitative estimate of drug-likeness (QED) is 0.405. The number of benzene rings is 1. The van der Waals surface area contributed by atoms with Crippen molar-refractivity contribution in [1.29, 1.82) is 0 Å². The molecule has 3 aliphatic carbocycles. The van der Waals surface area contributed by atoms with Crippen LogP contribution in [0.4, 0.5) is 0 Å². The minimum atomic E-state index is -0.628. The molecule has 5 rings (SSSR count). The number of ketones is 2. The maximum absolute atomic E-state index is 13.6. The smallest absolute Gasteiger partial charge is 0.234 e. The summed E-state index contributed by atoms with van der Waals surface area (Å²) in [7, 11) is 0. The molecule has 0 bridgehead atoms. The molecule has 33 heavy (non-hydrogen) atoms. The van der Waals surface area contributed by atoms with Gasteiger partial charge in [-0.05, 0) is 70.2 Å². The molecule has 0 aromatic heterocycles. The van der Waals surface area contributed by atoms with Crippen molar-refractivity contribution in [2.45, 2.75) is 52.0 Å². The first-order valence-electron chi connectivity index (χ1n) is 11.4. The third kappa shape index (κ3) is 3.07. The third-order valence-corrected chi connectivity index (χ3v) is 7.46. The van der Waals surface area contributed by atoms with Crippen LogP contribution in [-0.2, 0) is 19.2 Å². The molecule has 1 aliphatic heterocycles. The average Bonchev–Trinajstić information content (AvgIpc) is 3.01. The number of hydrogen-bond acceptors (Lipinski definition) is 5. The number of allylic oxidation sites excluding steroid dienone is 6. The van der Waals surface area contributed by atoms with Gasteiger partial charge in [-0.15, -0.1) is 0 Å². The summed E-state index contributed by atoms with van der Waals surface area (Å²) in [6.07, 6.45) is 4.12. The van der Waals surface area contributed by atoms with Gasteiger partial charge in [-0.3, -0.25) is 24.1 Å². The predicted octanol–water partition coefficient (Wildman–Crippen LogP) is 3.62. The fourth-order valence-electron chi connectivity index (χ4n) is 6.09. The topological polar surface area (TPSA) is 91.8 Å². The van der Waals surface area contributed by atoms with E-state index in [0.29, 0.717) is 23.1 Å². The average molecular weight is 446 g/mol. The van der Waals surface area contributed by atoms with Crippen LogP contribution in [0, 0.1) is 17.8 Å². The molecule has 1 aromatic carbocycles. The van der Waals surface area contributed by atoms with Crippen molar-refractivity contribution in [1.82, 2.24) is 4.90 Å². The molecule has 0 spiro atoms. The first kappa shape index (κ1) is 21.6. The Balaban J connectivity index is 1.68. The summed E-state index contributed by atoms with van der Waals surface area (Å²) in [6.45, 7) is 7.20. The van der Waals surface area contributed by atoms with Crippen LogP contribution in [-0.4, -0.2) is 38.9 Å². The second-order valence-electron chi connectivity index (χ2n) is 10.5. The van der Waals surface area contributed by atoms with Gasteiger partial charge in [-0.25, -0.2) is 0 Å². The zero-order chi connectivity index (χ0) is 23.8. The number of fused-ring (bicyclic) bond motifs is 3. The number of nitrogens with zero attached hydrogens (tertiary/aromatic N) is 1. The maximum Gasteiger partial charge on any atom is 0.234 e. The lowest BCUT2D eigenvalue weighted by Gasteiger charge is -2.42. The Morgan fingerprint density at radius 3 is 2.27 bits per heavy atom. The lowest BCUT2D eigenvalue weighted by atomic mass is 9.59. The Bertz CT molecular complexity index is 1210. The van der Waals surface area contributed by atoms with Crippen molar-refractivity contribution < 1.29 is 24.3 Å². The molecule has 0 radical (unpaired) electrons. The second kappa shape index (κ2) is 7.11. The molecular weight excluding hydrogens is 418 g/mol. The van der Waals surface area contributed by atoms with Crippen molar-refractivity contribution in [2.24, 2.45) is 17.8 Å². The summed E-state index contributed by atoms with van der Waals surface area (Å²) in [6, 6.07) is 6.64. The highest BCUT2D eigenvalue weighted by atomic mass is 16.3. The first-order valence-corrected chi connectivity index (χ1v) is 11.4. The number of carbonyl (C=O) groups excluding carboxylic acids is 4. The van der Waals surface area contributed by atoms with Crippen LogP contribution in [0.15, 0.2) is 58.7 Å². The SMILES string of the molecule is CC1=CC(=O)C2=C(C[C@@H]3C(=CC[C@@H]4C(=O)N(C(C)(C)C)C(=O)[C@@H]43)[C@@H]2c2ccc(O)cc2)C1=O. The van der Waals surface area contributed by atoms with Crippen molar-refractivity contribution in [3.05, 3.63) is 64.3 Å². The Hall–Kier alpha value is -3.28. The first-order chi connectivity index (χ1) is 15.5. The van der Waals surface area contributed by atoms with E-state index in [2.05, 4.69) is 0 Å². The van der Waals surface area contributed by atoms with Crippen molar-refractivity contribution in [3.8, 4) is 5.75 Å². The molecule has 0 unspecified atom stereocenters. The highest BCUT2D eigenvalue weighted by Gasteiger charge is 2.58. The van der Waals surface area contributed by atoms with E-state index in [9.17, 15) is 24.3 Å². The number of phenolic OH excluding ortho intramolecular Hbond substituents is 1. The highest BCUT2D eigenvalue weighted by molar-refractivity contribution is 6.23. The molecule has 2 amide bonds. The van der Waals surface area contributed by atoms with Gasteiger partial charge in [-0.1, -0.05) is 23.8 Å². The molecule has 1 heterocycles. The molecule has 170 valence electrons. The zero-order valence-corrected chi connectivity index (χ0v) is 19.2. The summed E-state index contributed by atoms with van der Waals surface area (Å²) in [5.41, 5.74) is 2.39. The summed E-state index contributed by atoms with van der Waals surface area (Å²) < 4.78 is 0. The highest BCUT2D eigenvalue weighted by Crippen LogP contribution is 2.55. The van der Waals surface area contributed by atoms with E-state index in [1.54, 1.807) is 31.2 Å². The Morgan fingerprint density at radius 1 is 0.970 bits per heavy atom. The van der Waals surface area contributed by atoms with E-state index >= 15 is 0 Å². The largest absolute Gasteiger partial charge is 0.508 e. The van der Waals surface area contributed by atoms with Gasteiger partial charge in [0.25, 0.3) is 0 Å². The minimum absolute atomic E-state index is 0.108. The van der Waals surface area contributed by atoms with E-state index in [0.717, 1.165) is 11.1 Å². The van der Waals surface area contributed by atoms with Crippen molar-refractivity contribution in [3.63, 3.8) is 0 Å². The summed E-state index contributed by atoms with van der Waals surface area (Å²) >= 11 is 0. The van der Waals surface area contributed by atoms with Crippen LogP contribution in [0.25, 0.3) is 0 Å². The molecule has 1 aromatic rings. The second-order valence-corrected chi connectivity index (χ2v) is 10.5. The number of likely N-dealkylation sites (tertiary alicyclic amines) is 1. The van der Waals surface area contributed by atoms with Crippen LogP contribution in [0.1, 0.15) is 52.0 Å². The standard InChI is InChI=1S/C27H27NO5/c1-13-11-20(30)23-19(24(13)31)12-18-16(21(23)14-5-7-15(29)8-6-14)9-10-17-22(18)26(33)28(25(17)32)27(2,3)4/h5-9,11,17-18,21-22,29H,10,12H2,1-4H3/t17-,18+,21-,22-/m0/s1. The van der Waals surface area contributed by atoms with Gasteiger partial charge in [0, 0.05) is 28.2 Å². The van der Waals surface area contributed by atoms with Crippen LogP contribution >= 0.6 is 0 Å². The normalized spacial score (nSPS) is 29.5. The molecule has 1 saturated heterocycles. The van der Waals surface area contributed by atoms with Gasteiger partial charge in [-0.2, -0.15) is 0 Å². The van der Waals surface area contributed by atoms with Gasteiger partial charge >= 0.3 is 0 Å². The number of imide groups is 1. The van der Waals surface area contributed by atoms with Gasteiger partial charge in [0.1, 0.15) is 5.75 Å². The monoisotopic (exact) mass is 445 g/mol. The lowest BCUT2D eigenvalue weighted by Crippen LogP contribution is -2.46. The number of amides is 2. The van der Waals surface area contributed by atoms with E-state index in [-0.39, 0.29) is 41.5 Å². The Kier molecular flexibility index (Phi) is 4.64. The molecule has 1 fully saturated rings. The fourth-order valence-corrected chi connectivity index (χ4v) is 6.09. The summed E-state index contributed by atoms with van der Waals surface area (Å²) in [4.78, 5) is 54.5. The number of aromatic hydroxyl groups is 1. The molecular formula is C27H27NO5. The summed E-state index contributed by atoms with van der Waals surface area (Å²) in [5, 5.41) is 9.80. The molecule has 6 nitrogen and oxygen atoms in total. The maximum atomic E-state index is 13.6. The van der Waals surface area contributed by atoms with Crippen molar-refractivity contribution in [2.75, 3.05) is 0 Å². The molecule has 0 saturated carbocycles. The number of rotatable bonds is 1. The zero-order valence-electron chi connectivity index (χ0n) is 19.2. The number of Topliss-reactive ketones (excluding diaryl/α,β-unsaturated/α-hetero) is 1. The van der Waals surface area contributed by atoms with Gasteiger partial charge in [0.15, 0.2) is 11.6 Å². The van der Waals surface area contributed by atoms with E-state index in [4.69, 9.17) is 0 Å². The van der Waals surface area contributed by atoms with Crippen LogP contribution < -0.4 is 0 Å². The predicted molar refractivity (Wildman–Crippen MR) is 121 cm³/mol. The Labute approximate surface area is 192 Å². The minimum Gasteiger partial charge on any atom is -0.508 e. The Morgan fingerprint density at radius 2 is 1.64 bits per heavy atom. The summed E-state index contributed by atoms with van der Waals surface area (Å²) in [5.74, 6) is -2.39.